The summed E-state index contributed by atoms with van der Waals surface area (Å²) >= 11 is 5.74. The van der Waals surface area contributed by atoms with Gasteiger partial charge in [-0.15, -0.1) is 0 Å². The number of nitrogens with zero attached hydrogens (tertiary/aromatic N) is 2. The van der Waals surface area contributed by atoms with Crippen molar-refractivity contribution in [3.63, 3.8) is 0 Å². The molecule has 1 aliphatic heterocycles. The van der Waals surface area contributed by atoms with Crippen LogP contribution in [0.5, 0.6) is 0 Å². The van der Waals surface area contributed by atoms with Gasteiger partial charge in [0.25, 0.3) is 0 Å². The van der Waals surface area contributed by atoms with Crippen LogP contribution in [0, 0.1) is 5.92 Å². The first-order valence-corrected chi connectivity index (χ1v) is 5.14. The van der Waals surface area contributed by atoms with Crippen LogP contribution < -0.4 is 10.6 Å². The molecule has 1 fully saturated rings. The zero-order valence-electron chi connectivity index (χ0n) is 7.83. The topological polar surface area (TPSA) is 49.8 Å². The fourth-order valence-electron chi connectivity index (χ4n) is 1.57. The Hall–Kier alpha value is -0.870. The van der Waals surface area contributed by atoms with Crippen molar-refractivity contribution in [2.45, 2.75) is 6.42 Å². The minimum atomic E-state index is 0.479. The van der Waals surface area contributed by atoms with E-state index in [1.165, 1.54) is 12.7 Å². The minimum absolute atomic E-state index is 0.479. The summed E-state index contributed by atoms with van der Waals surface area (Å²) in [6.07, 6.45) is 2.70. The van der Waals surface area contributed by atoms with Gasteiger partial charge in [0.1, 0.15) is 17.3 Å². The van der Waals surface area contributed by atoms with Crippen LogP contribution in [0.2, 0.25) is 5.15 Å². The Bertz CT molecular complexity index is 299. The fraction of sp³-hybridized carbons (Fsp3) is 0.556. The summed E-state index contributed by atoms with van der Waals surface area (Å²) in [5.74, 6) is 1.50. The van der Waals surface area contributed by atoms with Crippen molar-refractivity contribution in [2.24, 2.45) is 5.92 Å². The van der Waals surface area contributed by atoms with Gasteiger partial charge >= 0.3 is 0 Å². The molecule has 0 bridgehead atoms. The molecule has 1 atom stereocenters. The largest absolute Gasteiger partial charge is 0.370 e. The van der Waals surface area contributed by atoms with E-state index in [9.17, 15) is 0 Å². The van der Waals surface area contributed by atoms with E-state index >= 15 is 0 Å². The molecule has 2 heterocycles. The summed E-state index contributed by atoms with van der Waals surface area (Å²) < 4.78 is 0. The Balaban J connectivity index is 1.85. The number of hydrogen-bond acceptors (Lipinski definition) is 4. The Kier molecular flexibility index (Phi) is 3.16. The van der Waals surface area contributed by atoms with E-state index in [-0.39, 0.29) is 0 Å². The van der Waals surface area contributed by atoms with E-state index in [1.807, 2.05) is 0 Å². The molecule has 0 saturated carbocycles. The van der Waals surface area contributed by atoms with Crippen LogP contribution in [0.25, 0.3) is 0 Å². The Morgan fingerprint density at radius 3 is 3.21 bits per heavy atom. The van der Waals surface area contributed by atoms with Crippen molar-refractivity contribution in [3.05, 3.63) is 17.5 Å². The summed E-state index contributed by atoms with van der Waals surface area (Å²) in [5, 5.41) is 7.05. The zero-order valence-corrected chi connectivity index (χ0v) is 8.59. The van der Waals surface area contributed by atoms with Crippen LogP contribution >= 0.6 is 11.6 Å². The standard InChI is InChI=1S/C9H13ClN4/c10-8-3-9(14-6-13-8)12-5-7-1-2-11-4-7/h3,6-7,11H,1-2,4-5H2,(H,12,13,14)/t7-/m1/s1. The third-order valence-electron chi connectivity index (χ3n) is 2.37. The van der Waals surface area contributed by atoms with Gasteiger partial charge in [-0.2, -0.15) is 0 Å². The third-order valence-corrected chi connectivity index (χ3v) is 2.57. The maximum absolute atomic E-state index is 5.74. The van der Waals surface area contributed by atoms with Gasteiger partial charge in [0.15, 0.2) is 0 Å². The number of nitrogens with one attached hydrogen (secondary N) is 2. The molecule has 76 valence electrons. The average Bonchev–Trinajstić information content (AvgIpc) is 2.67. The number of rotatable bonds is 3. The molecule has 0 spiro atoms. The highest BCUT2D eigenvalue weighted by atomic mass is 35.5. The van der Waals surface area contributed by atoms with Crippen molar-refractivity contribution in [1.82, 2.24) is 15.3 Å². The molecule has 14 heavy (non-hydrogen) atoms. The van der Waals surface area contributed by atoms with E-state index < -0.39 is 0 Å². The van der Waals surface area contributed by atoms with Gasteiger partial charge in [0.2, 0.25) is 0 Å². The monoisotopic (exact) mass is 212 g/mol. The second-order valence-electron chi connectivity index (χ2n) is 3.47. The van der Waals surface area contributed by atoms with Crippen molar-refractivity contribution in [1.29, 1.82) is 0 Å². The van der Waals surface area contributed by atoms with Gasteiger partial charge in [-0.1, -0.05) is 11.6 Å². The van der Waals surface area contributed by atoms with E-state index in [1.54, 1.807) is 6.07 Å². The highest BCUT2D eigenvalue weighted by molar-refractivity contribution is 6.29. The van der Waals surface area contributed by atoms with Gasteiger partial charge < -0.3 is 10.6 Å². The predicted molar refractivity (Wildman–Crippen MR) is 56.5 cm³/mol. The Morgan fingerprint density at radius 1 is 1.57 bits per heavy atom. The maximum Gasteiger partial charge on any atom is 0.134 e. The molecular formula is C9H13ClN4. The lowest BCUT2D eigenvalue weighted by Crippen LogP contribution is -2.17. The maximum atomic E-state index is 5.74. The summed E-state index contributed by atoms with van der Waals surface area (Å²) in [6, 6.07) is 1.74. The summed E-state index contributed by atoms with van der Waals surface area (Å²) in [5.41, 5.74) is 0. The average molecular weight is 213 g/mol. The Morgan fingerprint density at radius 2 is 2.50 bits per heavy atom. The summed E-state index contributed by atoms with van der Waals surface area (Å²) in [6.45, 7) is 3.16. The van der Waals surface area contributed by atoms with E-state index in [2.05, 4.69) is 20.6 Å². The van der Waals surface area contributed by atoms with Crippen LogP contribution in [-0.4, -0.2) is 29.6 Å². The number of hydrogen-bond donors (Lipinski definition) is 2. The number of aromatic nitrogens is 2. The highest BCUT2D eigenvalue weighted by Crippen LogP contribution is 2.11. The molecule has 4 nitrogen and oxygen atoms in total. The molecule has 1 aromatic rings. The molecule has 5 heteroatoms. The van der Waals surface area contributed by atoms with E-state index in [0.29, 0.717) is 11.1 Å². The third kappa shape index (κ3) is 2.56. The lowest BCUT2D eigenvalue weighted by atomic mass is 10.1. The highest BCUT2D eigenvalue weighted by Gasteiger charge is 2.13. The molecule has 1 aromatic heterocycles. The molecular weight excluding hydrogens is 200 g/mol. The van der Waals surface area contributed by atoms with Gasteiger partial charge in [-0.3, -0.25) is 0 Å². The molecule has 0 amide bonds. The van der Waals surface area contributed by atoms with Crippen LogP contribution in [0.15, 0.2) is 12.4 Å². The molecule has 0 aromatic carbocycles. The van der Waals surface area contributed by atoms with Gasteiger partial charge in [0.05, 0.1) is 0 Å². The van der Waals surface area contributed by atoms with Gasteiger partial charge in [-0.05, 0) is 25.4 Å². The molecule has 2 N–H and O–H groups in total. The van der Waals surface area contributed by atoms with Crippen LogP contribution in [0.3, 0.4) is 0 Å². The van der Waals surface area contributed by atoms with Crippen molar-refractivity contribution < 1.29 is 0 Å². The van der Waals surface area contributed by atoms with Crippen LogP contribution in [0.1, 0.15) is 6.42 Å². The summed E-state index contributed by atoms with van der Waals surface area (Å²) in [4.78, 5) is 7.90. The lowest BCUT2D eigenvalue weighted by Gasteiger charge is -2.09. The first-order chi connectivity index (χ1) is 6.84. The van der Waals surface area contributed by atoms with E-state index in [4.69, 9.17) is 11.6 Å². The molecule has 0 unspecified atom stereocenters. The minimum Gasteiger partial charge on any atom is -0.370 e. The lowest BCUT2D eigenvalue weighted by molar-refractivity contribution is 0.614. The fourth-order valence-corrected chi connectivity index (χ4v) is 1.71. The molecule has 2 rings (SSSR count). The second-order valence-corrected chi connectivity index (χ2v) is 3.85. The second kappa shape index (κ2) is 4.57. The van der Waals surface area contributed by atoms with Crippen molar-refractivity contribution >= 4 is 17.4 Å². The molecule has 0 aliphatic carbocycles. The summed E-state index contributed by atoms with van der Waals surface area (Å²) in [7, 11) is 0. The first kappa shape index (κ1) is 9.68. The smallest absolute Gasteiger partial charge is 0.134 e. The van der Waals surface area contributed by atoms with Crippen molar-refractivity contribution in [2.75, 3.05) is 25.0 Å². The molecule has 1 saturated heterocycles. The SMILES string of the molecule is Clc1cc(NC[C@@H]2CCNC2)ncn1. The zero-order chi connectivity index (χ0) is 9.80. The normalized spacial score (nSPS) is 21.1. The number of halogens is 1. The van der Waals surface area contributed by atoms with Crippen LogP contribution in [-0.2, 0) is 0 Å². The number of anilines is 1. The van der Waals surface area contributed by atoms with E-state index in [0.717, 1.165) is 25.5 Å². The molecule has 1 aliphatic rings. The Labute approximate surface area is 88.1 Å². The first-order valence-electron chi connectivity index (χ1n) is 4.77. The predicted octanol–water partition coefficient (Wildman–Crippen LogP) is 1.15. The van der Waals surface area contributed by atoms with Gasteiger partial charge in [-0.25, -0.2) is 9.97 Å². The van der Waals surface area contributed by atoms with Crippen molar-refractivity contribution in [3.8, 4) is 0 Å². The molecule has 0 radical (unpaired) electrons. The van der Waals surface area contributed by atoms with Crippen LogP contribution in [0.4, 0.5) is 5.82 Å². The quantitative estimate of drug-likeness (QED) is 0.739. The van der Waals surface area contributed by atoms with Gasteiger partial charge in [0, 0.05) is 12.6 Å².